The minimum atomic E-state index is -1.22. The van der Waals surface area contributed by atoms with Gasteiger partial charge in [0.1, 0.15) is 6.29 Å². The smallest absolute Gasteiger partial charge is 0.150 e. The molecular weight excluding hydrogens is 212 g/mol. The quantitative estimate of drug-likeness (QED) is 0.569. The number of hydrogen-bond acceptors (Lipinski definition) is 1. The van der Waals surface area contributed by atoms with E-state index >= 15 is 0 Å². The third-order valence-corrected chi connectivity index (χ3v) is 3.76. The van der Waals surface area contributed by atoms with Crippen molar-refractivity contribution in [2.45, 2.75) is 25.7 Å². The molecule has 0 atom stereocenters. The summed E-state index contributed by atoms with van der Waals surface area (Å²) in [6.45, 7) is 6.81. The molecular formula is C11H15ClOSi. The number of rotatable bonds is 3. The number of carbonyl (C=O) groups excluding carboxylic acids is 1. The predicted octanol–water partition coefficient (Wildman–Crippen LogP) is 3.57. The molecule has 0 N–H and O–H groups in total. The molecule has 0 aliphatic heterocycles. The van der Waals surface area contributed by atoms with Crippen molar-refractivity contribution in [3.8, 4) is 0 Å². The predicted molar refractivity (Wildman–Crippen MR) is 63.9 cm³/mol. The van der Waals surface area contributed by atoms with Crippen molar-refractivity contribution in [2.75, 3.05) is 0 Å². The largest absolute Gasteiger partial charge is 0.298 e. The van der Waals surface area contributed by atoms with Crippen molar-refractivity contribution in [3.63, 3.8) is 0 Å². The lowest BCUT2D eigenvalue weighted by Crippen LogP contribution is -2.24. The van der Waals surface area contributed by atoms with E-state index in [1.807, 2.05) is 18.2 Å². The van der Waals surface area contributed by atoms with Crippen LogP contribution in [0.25, 0.3) is 0 Å². The monoisotopic (exact) mass is 226 g/mol. The highest BCUT2D eigenvalue weighted by molar-refractivity contribution is 6.75. The van der Waals surface area contributed by atoms with Gasteiger partial charge in [0, 0.05) is 18.7 Å². The standard InChI is InChI=1S/C11H15ClOSi/c1-14(2,3)8-10-9(7-13)5-4-6-11(10)12/h4-7H,8H2,1-3H3. The molecule has 0 aliphatic carbocycles. The lowest BCUT2D eigenvalue weighted by atomic mass is 10.1. The highest BCUT2D eigenvalue weighted by atomic mass is 35.5. The van der Waals surface area contributed by atoms with Crippen LogP contribution in [0.5, 0.6) is 0 Å². The van der Waals surface area contributed by atoms with Gasteiger partial charge in [0.25, 0.3) is 0 Å². The minimum absolute atomic E-state index is 0.719. The van der Waals surface area contributed by atoms with Crippen LogP contribution in [0.1, 0.15) is 15.9 Å². The van der Waals surface area contributed by atoms with Gasteiger partial charge in [-0.2, -0.15) is 0 Å². The van der Waals surface area contributed by atoms with Crippen LogP contribution in [0, 0.1) is 0 Å². The molecule has 0 saturated carbocycles. The van der Waals surface area contributed by atoms with Gasteiger partial charge in [-0.3, -0.25) is 4.79 Å². The molecule has 0 radical (unpaired) electrons. The van der Waals surface area contributed by atoms with E-state index in [4.69, 9.17) is 11.6 Å². The summed E-state index contributed by atoms with van der Waals surface area (Å²) in [7, 11) is -1.22. The first-order chi connectivity index (χ1) is 6.44. The van der Waals surface area contributed by atoms with Gasteiger partial charge < -0.3 is 0 Å². The van der Waals surface area contributed by atoms with E-state index in [9.17, 15) is 4.79 Å². The highest BCUT2D eigenvalue weighted by Gasteiger charge is 2.17. The SMILES string of the molecule is C[Si](C)(C)Cc1c(Cl)cccc1C=O. The molecule has 0 spiro atoms. The van der Waals surface area contributed by atoms with Crippen molar-refractivity contribution in [1.29, 1.82) is 0 Å². The Morgan fingerprint density at radius 2 is 2.00 bits per heavy atom. The maximum Gasteiger partial charge on any atom is 0.150 e. The third-order valence-electron chi connectivity index (χ3n) is 1.99. The zero-order valence-electron chi connectivity index (χ0n) is 8.80. The van der Waals surface area contributed by atoms with Crippen molar-refractivity contribution in [1.82, 2.24) is 0 Å². The lowest BCUT2D eigenvalue weighted by Gasteiger charge is -2.17. The molecule has 0 aromatic heterocycles. The molecule has 76 valence electrons. The van der Waals surface area contributed by atoms with E-state index in [1.165, 1.54) is 0 Å². The van der Waals surface area contributed by atoms with E-state index < -0.39 is 8.07 Å². The van der Waals surface area contributed by atoms with Gasteiger partial charge in [0.15, 0.2) is 0 Å². The van der Waals surface area contributed by atoms with Gasteiger partial charge in [-0.05, 0) is 17.7 Å². The lowest BCUT2D eigenvalue weighted by molar-refractivity contribution is 0.112. The van der Waals surface area contributed by atoms with E-state index in [0.717, 1.165) is 28.5 Å². The topological polar surface area (TPSA) is 17.1 Å². The first-order valence-electron chi connectivity index (χ1n) is 4.66. The molecule has 0 aliphatic rings. The maximum atomic E-state index is 10.8. The highest BCUT2D eigenvalue weighted by Crippen LogP contribution is 2.23. The van der Waals surface area contributed by atoms with Crippen LogP contribution < -0.4 is 0 Å². The Bertz CT molecular complexity index is 342. The summed E-state index contributed by atoms with van der Waals surface area (Å²) in [6.07, 6.45) is 0.890. The van der Waals surface area contributed by atoms with Gasteiger partial charge in [-0.25, -0.2) is 0 Å². The second-order valence-corrected chi connectivity index (χ2v) is 10.5. The average molecular weight is 227 g/mol. The molecule has 0 bridgehead atoms. The zero-order chi connectivity index (χ0) is 10.8. The molecule has 0 unspecified atom stereocenters. The van der Waals surface area contributed by atoms with Crippen LogP contribution in [0.15, 0.2) is 18.2 Å². The van der Waals surface area contributed by atoms with Gasteiger partial charge in [-0.1, -0.05) is 43.4 Å². The number of halogens is 1. The van der Waals surface area contributed by atoms with Crippen molar-refractivity contribution < 1.29 is 4.79 Å². The Labute approximate surface area is 91.1 Å². The molecule has 0 fully saturated rings. The van der Waals surface area contributed by atoms with Crippen LogP contribution in [-0.2, 0) is 6.04 Å². The summed E-state index contributed by atoms with van der Waals surface area (Å²) >= 11 is 6.08. The van der Waals surface area contributed by atoms with Crippen molar-refractivity contribution >= 4 is 26.0 Å². The Morgan fingerprint density at radius 3 is 2.50 bits per heavy atom. The van der Waals surface area contributed by atoms with Crippen LogP contribution in [0.3, 0.4) is 0 Å². The number of carbonyl (C=O) groups is 1. The first kappa shape index (κ1) is 11.5. The average Bonchev–Trinajstić information content (AvgIpc) is 2.06. The molecule has 1 aromatic rings. The summed E-state index contributed by atoms with van der Waals surface area (Å²) in [5, 5.41) is 0.719. The molecule has 3 heteroatoms. The normalized spacial score (nSPS) is 11.4. The Morgan fingerprint density at radius 1 is 1.36 bits per heavy atom. The van der Waals surface area contributed by atoms with Gasteiger partial charge in [0.2, 0.25) is 0 Å². The summed E-state index contributed by atoms with van der Waals surface area (Å²) in [4.78, 5) is 10.8. The molecule has 0 saturated heterocycles. The Kier molecular flexibility index (Phi) is 3.51. The molecule has 0 heterocycles. The van der Waals surface area contributed by atoms with E-state index in [1.54, 1.807) is 0 Å². The number of aldehydes is 1. The molecule has 0 amide bonds. The van der Waals surface area contributed by atoms with E-state index in [2.05, 4.69) is 19.6 Å². The maximum absolute atomic E-state index is 10.8. The second kappa shape index (κ2) is 4.28. The van der Waals surface area contributed by atoms with Crippen molar-refractivity contribution in [3.05, 3.63) is 34.3 Å². The van der Waals surface area contributed by atoms with E-state index in [0.29, 0.717) is 0 Å². The summed E-state index contributed by atoms with van der Waals surface area (Å²) in [5.74, 6) is 0. The minimum Gasteiger partial charge on any atom is -0.298 e. The number of hydrogen-bond donors (Lipinski definition) is 0. The molecule has 1 aromatic carbocycles. The summed E-state index contributed by atoms with van der Waals surface area (Å²) in [5.41, 5.74) is 1.75. The van der Waals surface area contributed by atoms with Gasteiger partial charge in [-0.15, -0.1) is 0 Å². The van der Waals surface area contributed by atoms with Gasteiger partial charge in [0.05, 0.1) is 0 Å². The van der Waals surface area contributed by atoms with Gasteiger partial charge >= 0.3 is 0 Å². The molecule has 1 nitrogen and oxygen atoms in total. The molecule has 14 heavy (non-hydrogen) atoms. The fourth-order valence-electron chi connectivity index (χ4n) is 1.40. The fraction of sp³-hybridized carbons (Fsp3) is 0.364. The first-order valence-corrected chi connectivity index (χ1v) is 8.75. The number of benzene rings is 1. The second-order valence-electron chi connectivity index (χ2n) is 4.66. The van der Waals surface area contributed by atoms with Crippen molar-refractivity contribution in [2.24, 2.45) is 0 Å². The zero-order valence-corrected chi connectivity index (χ0v) is 10.6. The summed E-state index contributed by atoms with van der Waals surface area (Å²) in [6, 6.07) is 6.46. The van der Waals surface area contributed by atoms with E-state index in [-0.39, 0.29) is 0 Å². The van der Waals surface area contributed by atoms with Crippen LogP contribution in [-0.4, -0.2) is 14.4 Å². The third kappa shape index (κ3) is 2.96. The fourth-order valence-corrected chi connectivity index (χ4v) is 3.22. The van der Waals surface area contributed by atoms with Crippen LogP contribution in [0.4, 0.5) is 0 Å². The Balaban J connectivity index is 3.11. The molecule has 1 rings (SSSR count). The van der Waals surface area contributed by atoms with Crippen LogP contribution in [0.2, 0.25) is 24.7 Å². The van der Waals surface area contributed by atoms with Crippen LogP contribution >= 0.6 is 11.6 Å². The Hall–Kier alpha value is -0.603. The summed E-state index contributed by atoms with van der Waals surface area (Å²) < 4.78 is 0.